The van der Waals surface area contributed by atoms with Crippen molar-refractivity contribution in [3.63, 3.8) is 0 Å². The first-order valence-electron chi connectivity index (χ1n) is 7.19. The standard InChI is InChI=1S/C14H28N4/c1-4-8-16-13(12-15)5-9-18-10-6-14(7-11-18)17(2)3/h13-14,16H,4-11H2,1-3H3. The largest absolute Gasteiger partial charge is 0.306 e. The first-order valence-corrected chi connectivity index (χ1v) is 7.19. The van der Waals surface area contributed by atoms with Crippen LogP contribution in [0.3, 0.4) is 0 Å². The van der Waals surface area contributed by atoms with Crippen molar-refractivity contribution < 1.29 is 0 Å². The van der Waals surface area contributed by atoms with Crippen molar-refractivity contribution in [3.05, 3.63) is 0 Å². The summed E-state index contributed by atoms with van der Waals surface area (Å²) >= 11 is 0. The van der Waals surface area contributed by atoms with Gasteiger partial charge in [-0.2, -0.15) is 5.26 Å². The molecule has 0 saturated carbocycles. The molecule has 1 N–H and O–H groups in total. The van der Waals surface area contributed by atoms with Crippen LogP contribution >= 0.6 is 0 Å². The maximum Gasteiger partial charge on any atom is 0.0965 e. The second-order valence-electron chi connectivity index (χ2n) is 5.46. The van der Waals surface area contributed by atoms with Crippen LogP contribution in [0.4, 0.5) is 0 Å². The van der Waals surface area contributed by atoms with Gasteiger partial charge in [-0.05, 0) is 59.4 Å². The van der Waals surface area contributed by atoms with Crippen LogP contribution in [0.5, 0.6) is 0 Å². The third-order valence-electron chi connectivity index (χ3n) is 3.82. The Labute approximate surface area is 112 Å². The van der Waals surface area contributed by atoms with Gasteiger partial charge in [-0.3, -0.25) is 0 Å². The highest BCUT2D eigenvalue weighted by atomic mass is 15.2. The summed E-state index contributed by atoms with van der Waals surface area (Å²) in [4.78, 5) is 4.83. The monoisotopic (exact) mass is 252 g/mol. The molecule has 0 radical (unpaired) electrons. The van der Waals surface area contributed by atoms with Gasteiger partial charge in [0.25, 0.3) is 0 Å². The first kappa shape index (κ1) is 15.4. The summed E-state index contributed by atoms with van der Waals surface area (Å²) in [6.07, 6.45) is 4.55. The highest BCUT2D eigenvalue weighted by Crippen LogP contribution is 2.14. The van der Waals surface area contributed by atoms with E-state index in [2.05, 4.69) is 42.2 Å². The molecule has 4 heteroatoms. The smallest absolute Gasteiger partial charge is 0.0965 e. The minimum Gasteiger partial charge on any atom is -0.306 e. The Kier molecular flexibility index (Phi) is 7.26. The molecule has 1 unspecified atom stereocenters. The van der Waals surface area contributed by atoms with Gasteiger partial charge in [0.05, 0.1) is 12.1 Å². The lowest BCUT2D eigenvalue weighted by Gasteiger charge is -2.35. The molecule has 0 amide bonds. The van der Waals surface area contributed by atoms with Gasteiger partial charge in [0, 0.05) is 12.6 Å². The van der Waals surface area contributed by atoms with E-state index < -0.39 is 0 Å². The Bertz CT molecular complexity index is 251. The molecule has 0 aliphatic carbocycles. The third-order valence-corrected chi connectivity index (χ3v) is 3.82. The minimum absolute atomic E-state index is 0.0246. The molecule has 4 nitrogen and oxygen atoms in total. The molecule has 1 fully saturated rings. The van der Waals surface area contributed by atoms with Gasteiger partial charge >= 0.3 is 0 Å². The number of likely N-dealkylation sites (tertiary alicyclic amines) is 1. The quantitative estimate of drug-likeness (QED) is 0.741. The number of nitrogens with one attached hydrogen (secondary N) is 1. The van der Waals surface area contributed by atoms with Gasteiger partial charge in [0.2, 0.25) is 0 Å². The van der Waals surface area contributed by atoms with E-state index in [1.165, 1.54) is 25.9 Å². The predicted molar refractivity (Wildman–Crippen MR) is 75.5 cm³/mol. The van der Waals surface area contributed by atoms with E-state index in [1.54, 1.807) is 0 Å². The summed E-state index contributed by atoms with van der Waals surface area (Å²) in [6, 6.07) is 3.12. The average molecular weight is 252 g/mol. The molecule has 0 spiro atoms. The van der Waals surface area contributed by atoms with Crippen molar-refractivity contribution in [2.45, 2.75) is 44.7 Å². The molecule has 1 heterocycles. The van der Waals surface area contributed by atoms with Crippen molar-refractivity contribution in [2.24, 2.45) is 0 Å². The van der Waals surface area contributed by atoms with Gasteiger partial charge in [-0.25, -0.2) is 0 Å². The van der Waals surface area contributed by atoms with Gasteiger partial charge in [-0.1, -0.05) is 6.92 Å². The predicted octanol–water partition coefficient (Wildman–Crippen LogP) is 1.29. The van der Waals surface area contributed by atoms with Crippen LogP contribution in [0, 0.1) is 11.3 Å². The molecular weight excluding hydrogens is 224 g/mol. The van der Waals surface area contributed by atoms with E-state index >= 15 is 0 Å². The summed E-state index contributed by atoms with van der Waals surface area (Å²) < 4.78 is 0. The Morgan fingerprint density at radius 3 is 2.56 bits per heavy atom. The van der Waals surface area contributed by atoms with Gasteiger partial charge in [-0.15, -0.1) is 0 Å². The molecule has 0 aromatic rings. The summed E-state index contributed by atoms with van der Waals surface area (Å²) in [5, 5.41) is 12.3. The minimum atomic E-state index is 0.0246. The molecule has 18 heavy (non-hydrogen) atoms. The van der Waals surface area contributed by atoms with E-state index in [0.29, 0.717) is 0 Å². The zero-order chi connectivity index (χ0) is 13.4. The molecule has 1 aliphatic rings. The Hall–Kier alpha value is -0.630. The normalized spacial score (nSPS) is 19.9. The van der Waals surface area contributed by atoms with E-state index in [9.17, 15) is 0 Å². The van der Waals surface area contributed by atoms with Crippen molar-refractivity contribution in [2.75, 3.05) is 40.3 Å². The van der Waals surface area contributed by atoms with Crippen molar-refractivity contribution in [1.29, 1.82) is 5.26 Å². The summed E-state index contributed by atoms with van der Waals surface area (Å²) in [5.41, 5.74) is 0. The van der Waals surface area contributed by atoms with Gasteiger partial charge < -0.3 is 15.1 Å². The number of nitriles is 1. The van der Waals surface area contributed by atoms with Crippen molar-refractivity contribution in [3.8, 4) is 6.07 Å². The molecule has 1 aliphatic heterocycles. The maximum absolute atomic E-state index is 9.06. The lowest BCUT2D eigenvalue weighted by atomic mass is 10.0. The van der Waals surface area contributed by atoms with E-state index in [-0.39, 0.29) is 6.04 Å². The lowest BCUT2D eigenvalue weighted by molar-refractivity contribution is 0.142. The molecule has 1 rings (SSSR count). The van der Waals surface area contributed by atoms with Gasteiger partial charge in [0.1, 0.15) is 0 Å². The summed E-state index contributed by atoms with van der Waals surface area (Å²) in [5.74, 6) is 0. The fourth-order valence-corrected chi connectivity index (χ4v) is 2.50. The first-order chi connectivity index (χ1) is 8.67. The average Bonchev–Trinajstić information content (AvgIpc) is 2.39. The van der Waals surface area contributed by atoms with E-state index in [0.717, 1.165) is 32.0 Å². The van der Waals surface area contributed by atoms with Crippen LogP contribution in [-0.4, -0.2) is 62.2 Å². The third kappa shape index (κ3) is 5.34. The fourth-order valence-electron chi connectivity index (χ4n) is 2.50. The van der Waals surface area contributed by atoms with Crippen LogP contribution in [0.1, 0.15) is 32.6 Å². The summed E-state index contributed by atoms with van der Waals surface area (Å²) in [6.45, 7) is 6.48. The van der Waals surface area contributed by atoms with E-state index in [1.807, 2.05) is 0 Å². The van der Waals surface area contributed by atoms with Crippen LogP contribution in [0.15, 0.2) is 0 Å². The van der Waals surface area contributed by atoms with Crippen molar-refractivity contribution >= 4 is 0 Å². The van der Waals surface area contributed by atoms with Crippen molar-refractivity contribution in [1.82, 2.24) is 15.1 Å². The number of hydrogen-bond donors (Lipinski definition) is 1. The SMILES string of the molecule is CCCNC(C#N)CCN1CCC(N(C)C)CC1. The highest BCUT2D eigenvalue weighted by molar-refractivity contribution is 4.90. The Morgan fingerprint density at radius 1 is 1.39 bits per heavy atom. The Morgan fingerprint density at radius 2 is 2.06 bits per heavy atom. The van der Waals surface area contributed by atoms with Crippen LogP contribution in [0.25, 0.3) is 0 Å². The zero-order valence-electron chi connectivity index (χ0n) is 12.2. The second kappa shape index (κ2) is 8.47. The number of rotatable bonds is 7. The van der Waals surface area contributed by atoms with Crippen LogP contribution in [0.2, 0.25) is 0 Å². The molecular formula is C14H28N4. The molecule has 0 aromatic heterocycles. The zero-order valence-corrected chi connectivity index (χ0v) is 12.2. The molecule has 1 atom stereocenters. The van der Waals surface area contributed by atoms with Gasteiger partial charge in [0.15, 0.2) is 0 Å². The van der Waals surface area contributed by atoms with Crippen LogP contribution in [-0.2, 0) is 0 Å². The topological polar surface area (TPSA) is 42.3 Å². The second-order valence-corrected chi connectivity index (χ2v) is 5.46. The van der Waals surface area contributed by atoms with Crippen LogP contribution < -0.4 is 5.32 Å². The molecule has 0 aromatic carbocycles. The highest BCUT2D eigenvalue weighted by Gasteiger charge is 2.20. The maximum atomic E-state index is 9.06. The summed E-state index contributed by atoms with van der Waals surface area (Å²) in [7, 11) is 4.33. The molecule has 104 valence electrons. The molecule has 0 bridgehead atoms. The number of nitrogens with zero attached hydrogens (tertiary/aromatic N) is 3. The Balaban J connectivity index is 2.18. The van der Waals surface area contributed by atoms with E-state index in [4.69, 9.17) is 5.26 Å². The lowest BCUT2D eigenvalue weighted by Crippen LogP contribution is -2.43. The fraction of sp³-hybridized carbons (Fsp3) is 0.929. The number of hydrogen-bond acceptors (Lipinski definition) is 4. The molecule has 1 saturated heterocycles. The number of piperidine rings is 1.